The SMILES string of the molecule is OCc1cc(Br)cc(Br)c1OCCc1ccccc1. The Morgan fingerprint density at radius 1 is 1.05 bits per heavy atom. The molecule has 2 aromatic rings. The van der Waals surface area contributed by atoms with Gasteiger partial charge in [-0.2, -0.15) is 0 Å². The molecule has 0 aromatic heterocycles. The number of hydrogen-bond donors (Lipinski definition) is 1. The Labute approximate surface area is 129 Å². The van der Waals surface area contributed by atoms with Gasteiger partial charge >= 0.3 is 0 Å². The van der Waals surface area contributed by atoms with E-state index in [1.54, 1.807) is 0 Å². The van der Waals surface area contributed by atoms with E-state index in [0.717, 1.165) is 20.9 Å². The Balaban J connectivity index is 2.03. The first-order valence-corrected chi connectivity index (χ1v) is 7.55. The molecule has 0 heterocycles. The molecule has 0 atom stereocenters. The van der Waals surface area contributed by atoms with E-state index in [0.29, 0.717) is 12.4 Å². The molecule has 19 heavy (non-hydrogen) atoms. The molecule has 1 N–H and O–H groups in total. The summed E-state index contributed by atoms with van der Waals surface area (Å²) in [6.45, 7) is 0.538. The Morgan fingerprint density at radius 3 is 2.47 bits per heavy atom. The normalized spacial score (nSPS) is 10.5. The maximum atomic E-state index is 9.36. The molecule has 2 rings (SSSR count). The fraction of sp³-hybridized carbons (Fsp3) is 0.200. The minimum atomic E-state index is -0.0429. The molecule has 0 saturated heterocycles. The number of halogens is 2. The van der Waals surface area contributed by atoms with Gasteiger partial charge in [0.2, 0.25) is 0 Å². The van der Waals surface area contributed by atoms with Crippen LogP contribution < -0.4 is 4.74 Å². The van der Waals surface area contributed by atoms with E-state index in [-0.39, 0.29) is 6.61 Å². The van der Waals surface area contributed by atoms with Gasteiger partial charge in [-0.05, 0) is 33.6 Å². The fourth-order valence-corrected chi connectivity index (χ4v) is 3.24. The topological polar surface area (TPSA) is 29.5 Å². The van der Waals surface area contributed by atoms with Gasteiger partial charge in [-0.1, -0.05) is 46.3 Å². The van der Waals surface area contributed by atoms with Gasteiger partial charge in [-0.25, -0.2) is 0 Å². The molecular formula is C15H14Br2O2. The molecule has 0 radical (unpaired) electrons. The number of aliphatic hydroxyl groups excluding tert-OH is 1. The quantitative estimate of drug-likeness (QED) is 0.830. The molecule has 4 heteroatoms. The predicted molar refractivity (Wildman–Crippen MR) is 83.4 cm³/mol. The van der Waals surface area contributed by atoms with Crippen molar-refractivity contribution in [1.82, 2.24) is 0 Å². The van der Waals surface area contributed by atoms with Crippen molar-refractivity contribution in [3.05, 3.63) is 62.5 Å². The standard InChI is InChI=1S/C15H14Br2O2/c16-13-8-12(10-18)15(14(17)9-13)19-7-6-11-4-2-1-3-5-11/h1-5,8-9,18H,6-7,10H2. The average Bonchev–Trinajstić information content (AvgIpc) is 2.42. The Hall–Kier alpha value is -0.840. The van der Waals surface area contributed by atoms with E-state index in [4.69, 9.17) is 4.74 Å². The van der Waals surface area contributed by atoms with Gasteiger partial charge in [0.1, 0.15) is 5.75 Å². The maximum Gasteiger partial charge on any atom is 0.139 e. The van der Waals surface area contributed by atoms with Gasteiger partial charge in [0, 0.05) is 16.5 Å². The van der Waals surface area contributed by atoms with Crippen LogP contribution in [-0.4, -0.2) is 11.7 Å². The van der Waals surface area contributed by atoms with Gasteiger partial charge in [0.25, 0.3) is 0 Å². The lowest BCUT2D eigenvalue weighted by molar-refractivity contribution is 0.263. The molecule has 0 amide bonds. The summed E-state index contributed by atoms with van der Waals surface area (Å²) in [5.41, 5.74) is 2.01. The summed E-state index contributed by atoms with van der Waals surface area (Å²) in [6.07, 6.45) is 0.841. The lowest BCUT2D eigenvalue weighted by Gasteiger charge is -2.13. The Kier molecular flexibility index (Phi) is 5.43. The zero-order valence-corrected chi connectivity index (χ0v) is 13.4. The first-order chi connectivity index (χ1) is 9.20. The third-order valence-corrected chi connectivity index (χ3v) is 3.78. The summed E-state index contributed by atoms with van der Waals surface area (Å²) >= 11 is 6.86. The summed E-state index contributed by atoms with van der Waals surface area (Å²) in [7, 11) is 0. The maximum absolute atomic E-state index is 9.36. The van der Waals surface area contributed by atoms with Gasteiger partial charge in [0.15, 0.2) is 0 Å². The van der Waals surface area contributed by atoms with Crippen LogP contribution in [0.5, 0.6) is 5.75 Å². The minimum absolute atomic E-state index is 0.0429. The van der Waals surface area contributed by atoms with Crippen molar-refractivity contribution in [3.8, 4) is 5.75 Å². The summed E-state index contributed by atoms with van der Waals surface area (Å²) in [6, 6.07) is 14.0. The van der Waals surface area contributed by atoms with Crippen molar-refractivity contribution in [2.24, 2.45) is 0 Å². The van der Waals surface area contributed by atoms with E-state index < -0.39 is 0 Å². The van der Waals surface area contributed by atoms with Crippen molar-refractivity contribution in [2.45, 2.75) is 13.0 Å². The average molecular weight is 386 g/mol. The number of benzene rings is 2. The molecule has 100 valence electrons. The van der Waals surface area contributed by atoms with Crippen molar-refractivity contribution >= 4 is 31.9 Å². The molecule has 2 aromatic carbocycles. The van der Waals surface area contributed by atoms with Crippen molar-refractivity contribution in [2.75, 3.05) is 6.61 Å². The third-order valence-electron chi connectivity index (χ3n) is 2.74. The zero-order valence-electron chi connectivity index (χ0n) is 10.3. The largest absolute Gasteiger partial charge is 0.492 e. The van der Waals surface area contributed by atoms with Gasteiger partial charge in [-0.3, -0.25) is 0 Å². The lowest BCUT2D eigenvalue weighted by Crippen LogP contribution is -2.04. The fourth-order valence-electron chi connectivity index (χ4n) is 1.81. The Bertz CT molecular complexity index is 541. The molecule has 0 fully saturated rings. The van der Waals surface area contributed by atoms with Crippen LogP contribution in [0.4, 0.5) is 0 Å². The Morgan fingerprint density at radius 2 is 1.79 bits per heavy atom. The van der Waals surface area contributed by atoms with Crippen molar-refractivity contribution in [1.29, 1.82) is 0 Å². The predicted octanol–water partition coefficient (Wildman–Crippen LogP) is 4.33. The van der Waals surface area contributed by atoms with E-state index in [2.05, 4.69) is 44.0 Å². The van der Waals surface area contributed by atoms with Gasteiger partial charge in [-0.15, -0.1) is 0 Å². The second-order valence-electron chi connectivity index (χ2n) is 4.12. The zero-order chi connectivity index (χ0) is 13.7. The van der Waals surface area contributed by atoms with E-state index in [1.807, 2.05) is 30.3 Å². The molecule has 0 aliphatic carbocycles. The number of aliphatic hydroxyl groups is 1. The van der Waals surface area contributed by atoms with Crippen molar-refractivity contribution in [3.63, 3.8) is 0 Å². The number of hydrogen-bond acceptors (Lipinski definition) is 2. The van der Waals surface area contributed by atoms with Crippen molar-refractivity contribution < 1.29 is 9.84 Å². The van der Waals surface area contributed by atoms with Crippen LogP contribution in [0.2, 0.25) is 0 Å². The summed E-state index contributed by atoms with van der Waals surface area (Å²) in [5.74, 6) is 0.710. The monoisotopic (exact) mass is 384 g/mol. The lowest BCUT2D eigenvalue weighted by atomic mass is 10.2. The van der Waals surface area contributed by atoms with Crippen LogP contribution in [0.3, 0.4) is 0 Å². The summed E-state index contributed by atoms with van der Waals surface area (Å²) in [5, 5.41) is 9.36. The molecule has 0 saturated carbocycles. The van der Waals surface area contributed by atoms with E-state index in [1.165, 1.54) is 5.56 Å². The van der Waals surface area contributed by atoms with Crippen LogP contribution in [0.1, 0.15) is 11.1 Å². The highest BCUT2D eigenvalue weighted by atomic mass is 79.9. The van der Waals surface area contributed by atoms with Crippen LogP contribution in [-0.2, 0) is 13.0 Å². The highest BCUT2D eigenvalue weighted by molar-refractivity contribution is 9.11. The molecule has 2 nitrogen and oxygen atoms in total. The number of rotatable bonds is 5. The smallest absolute Gasteiger partial charge is 0.139 e. The second kappa shape index (κ2) is 7.08. The molecule has 0 spiro atoms. The molecule has 0 bridgehead atoms. The highest BCUT2D eigenvalue weighted by Gasteiger charge is 2.09. The third kappa shape index (κ3) is 4.06. The summed E-state index contributed by atoms with van der Waals surface area (Å²) in [4.78, 5) is 0. The minimum Gasteiger partial charge on any atom is -0.492 e. The molecule has 0 unspecified atom stereocenters. The molecule has 0 aliphatic heterocycles. The van der Waals surface area contributed by atoms with Crippen LogP contribution in [0.15, 0.2) is 51.4 Å². The number of ether oxygens (including phenoxy) is 1. The van der Waals surface area contributed by atoms with Crippen LogP contribution >= 0.6 is 31.9 Å². The molecule has 0 aliphatic rings. The summed E-state index contributed by atoms with van der Waals surface area (Å²) < 4.78 is 7.55. The second-order valence-corrected chi connectivity index (χ2v) is 5.89. The first-order valence-electron chi connectivity index (χ1n) is 5.96. The van der Waals surface area contributed by atoms with Gasteiger partial charge < -0.3 is 9.84 Å². The first kappa shape index (κ1) is 14.6. The van der Waals surface area contributed by atoms with E-state index >= 15 is 0 Å². The van der Waals surface area contributed by atoms with Crippen LogP contribution in [0, 0.1) is 0 Å². The highest BCUT2D eigenvalue weighted by Crippen LogP contribution is 2.33. The van der Waals surface area contributed by atoms with Gasteiger partial charge in [0.05, 0.1) is 17.7 Å². The van der Waals surface area contributed by atoms with Crippen LogP contribution in [0.25, 0.3) is 0 Å². The van der Waals surface area contributed by atoms with E-state index in [9.17, 15) is 5.11 Å². The molecular weight excluding hydrogens is 372 g/mol.